The fourth-order valence-corrected chi connectivity index (χ4v) is 6.81. The van der Waals surface area contributed by atoms with Crippen molar-refractivity contribution < 1.29 is 49.0 Å². The number of rotatable bonds is 38. The van der Waals surface area contributed by atoms with Crippen LogP contribution in [0.1, 0.15) is 194 Å². The van der Waals surface area contributed by atoms with Crippen molar-refractivity contribution in [3.8, 4) is 0 Å². The van der Waals surface area contributed by atoms with Crippen LogP contribution in [0.3, 0.4) is 0 Å². The lowest BCUT2D eigenvalue weighted by atomic mass is 9.99. The van der Waals surface area contributed by atoms with Gasteiger partial charge in [0.2, 0.25) is 0 Å². The minimum Gasteiger partial charge on any atom is -0.462 e. The van der Waals surface area contributed by atoms with E-state index in [0.717, 1.165) is 38.5 Å². The molecule has 0 saturated carbocycles. The molecule has 1 heterocycles. The van der Waals surface area contributed by atoms with E-state index in [1.807, 2.05) is 0 Å². The SMILES string of the molecule is CCCCCCCCCCC/C=C/C/C=C/CCCC(=O)OC[C@@H](CO[C@H]1O[C@@H](CO)[C@@H](O)C(O)C1O)OC(=O)CCCC/C=C/CCCCCCCCCCC. The van der Waals surface area contributed by atoms with E-state index in [1.165, 1.54) is 116 Å². The van der Waals surface area contributed by atoms with Crippen molar-refractivity contribution in [1.29, 1.82) is 0 Å². The van der Waals surface area contributed by atoms with Crippen LogP contribution in [0.5, 0.6) is 0 Å². The number of hydrogen-bond donors (Lipinski definition) is 4. The van der Waals surface area contributed by atoms with Crippen LogP contribution in [-0.4, -0.2) is 89.0 Å². The van der Waals surface area contributed by atoms with Gasteiger partial charge in [0.15, 0.2) is 12.4 Å². The molecule has 1 rings (SSSR count). The lowest BCUT2D eigenvalue weighted by Crippen LogP contribution is -2.59. The quantitative estimate of drug-likeness (QED) is 0.0270. The van der Waals surface area contributed by atoms with Gasteiger partial charge in [-0.1, -0.05) is 153 Å². The zero-order chi connectivity index (χ0) is 41.6. The van der Waals surface area contributed by atoms with Crippen LogP contribution < -0.4 is 0 Å². The largest absolute Gasteiger partial charge is 0.462 e. The summed E-state index contributed by atoms with van der Waals surface area (Å²) in [6.45, 7) is 3.37. The molecule has 332 valence electrons. The van der Waals surface area contributed by atoms with Gasteiger partial charge in [0.25, 0.3) is 0 Å². The number of aliphatic hydroxyl groups is 4. The number of esters is 2. The van der Waals surface area contributed by atoms with Crippen molar-refractivity contribution in [2.45, 2.75) is 230 Å². The smallest absolute Gasteiger partial charge is 0.306 e. The maximum Gasteiger partial charge on any atom is 0.306 e. The number of hydrogen-bond acceptors (Lipinski definition) is 10. The Kier molecular flexibility index (Phi) is 35.4. The van der Waals surface area contributed by atoms with E-state index in [2.05, 4.69) is 50.3 Å². The van der Waals surface area contributed by atoms with Gasteiger partial charge in [-0.15, -0.1) is 0 Å². The van der Waals surface area contributed by atoms with E-state index in [0.29, 0.717) is 12.8 Å². The fourth-order valence-electron chi connectivity index (χ4n) is 6.81. The average molecular weight is 809 g/mol. The van der Waals surface area contributed by atoms with E-state index in [9.17, 15) is 30.0 Å². The summed E-state index contributed by atoms with van der Waals surface area (Å²) in [5.41, 5.74) is 0. The van der Waals surface area contributed by atoms with Gasteiger partial charge in [-0.3, -0.25) is 9.59 Å². The predicted octanol–water partition coefficient (Wildman–Crippen LogP) is 9.89. The van der Waals surface area contributed by atoms with Crippen molar-refractivity contribution >= 4 is 11.9 Å². The lowest BCUT2D eigenvalue weighted by Gasteiger charge is -2.39. The molecule has 10 nitrogen and oxygen atoms in total. The van der Waals surface area contributed by atoms with E-state index < -0.39 is 55.4 Å². The first-order chi connectivity index (χ1) is 27.8. The fraction of sp³-hybridized carbons (Fsp3) is 0.830. The van der Waals surface area contributed by atoms with E-state index in [4.69, 9.17) is 18.9 Å². The van der Waals surface area contributed by atoms with Crippen molar-refractivity contribution in [2.24, 2.45) is 0 Å². The third-order valence-electron chi connectivity index (χ3n) is 10.5. The lowest BCUT2D eigenvalue weighted by molar-refractivity contribution is -0.305. The van der Waals surface area contributed by atoms with E-state index >= 15 is 0 Å². The minimum absolute atomic E-state index is 0.192. The Bertz CT molecular complexity index is 1030. The summed E-state index contributed by atoms with van der Waals surface area (Å²) in [5.74, 6) is -0.883. The summed E-state index contributed by atoms with van der Waals surface area (Å²) in [4.78, 5) is 25.3. The van der Waals surface area contributed by atoms with Crippen LogP contribution in [0.25, 0.3) is 0 Å². The molecule has 1 aliphatic heterocycles. The molecule has 0 spiro atoms. The summed E-state index contributed by atoms with van der Waals surface area (Å²) in [6.07, 6.45) is 35.9. The second-order valence-corrected chi connectivity index (χ2v) is 15.8. The average Bonchev–Trinajstić information content (AvgIpc) is 3.21. The molecule has 0 aromatic carbocycles. The number of unbranched alkanes of at least 4 members (excludes halogenated alkanes) is 21. The standard InChI is InChI=1S/C47H84O10/c1-3-5-7-9-11-13-15-17-19-20-22-23-25-27-29-31-33-35-42(49)54-38-40(39-55-47-46(53)45(52)44(51)41(37-48)57-47)56-43(50)36-34-32-30-28-26-24-21-18-16-14-12-10-8-6-4-2/h22-23,26-29,40-41,44-48,51-53H,3-21,24-25,30-39H2,1-2H3/b23-22+,28-26+,29-27+/t40-,41-,44+,45?,46?,47-/m0/s1. The minimum atomic E-state index is -1.60. The number of aliphatic hydroxyl groups excluding tert-OH is 4. The van der Waals surface area contributed by atoms with Crippen LogP contribution in [0, 0.1) is 0 Å². The second-order valence-electron chi connectivity index (χ2n) is 15.8. The van der Waals surface area contributed by atoms with Gasteiger partial charge in [0.1, 0.15) is 31.0 Å². The molecular weight excluding hydrogens is 725 g/mol. The molecule has 0 radical (unpaired) electrons. The van der Waals surface area contributed by atoms with Gasteiger partial charge in [-0.25, -0.2) is 0 Å². The maximum absolute atomic E-state index is 12.8. The molecule has 2 unspecified atom stereocenters. The first-order valence-electron chi connectivity index (χ1n) is 23.1. The molecule has 1 fully saturated rings. The molecule has 4 N–H and O–H groups in total. The molecule has 6 atom stereocenters. The highest BCUT2D eigenvalue weighted by atomic mass is 16.7. The first kappa shape index (κ1) is 52.9. The number of allylic oxidation sites excluding steroid dienone is 6. The van der Waals surface area contributed by atoms with Gasteiger partial charge in [-0.2, -0.15) is 0 Å². The van der Waals surface area contributed by atoms with Gasteiger partial charge >= 0.3 is 11.9 Å². The maximum atomic E-state index is 12.8. The molecular formula is C47H84O10. The molecule has 1 saturated heterocycles. The third kappa shape index (κ3) is 29.7. The topological polar surface area (TPSA) is 152 Å². The number of carbonyl (C=O) groups excluding carboxylic acids is 2. The van der Waals surface area contributed by atoms with Crippen molar-refractivity contribution in [3.63, 3.8) is 0 Å². The monoisotopic (exact) mass is 809 g/mol. The van der Waals surface area contributed by atoms with Crippen LogP contribution in [-0.2, 0) is 28.5 Å². The summed E-state index contributed by atoms with van der Waals surface area (Å²) in [6, 6.07) is 0. The number of ether oxygens (including phenoxy) is 4. The highest BCUT2D eigenvalue weighted by Gasteiger charge is 2.44. The normalized spacial score (nSPS) is 20.6. The summed E-state index contributed by atoms with van der Waals surface area (Å²) >= 11 is 0. The van der Waals surface area contributed by atoms with Crippen LogP contribution in [0.4, 0.5) is 0 Å². The van der Waals surface area contributed by atoms with E-state index in [-0.39, 0.29) is 26.1 Å². The Morgan fingerprint density at radius 3 is 1.53 bits per heavy atom. The zero-order valence-corrected chi connectivity index (χ0v) is 36.1. The molecule has 1 aliphatic rings. The summed E-state index contributed by atoms with van der Waals surface area (Å²) in [7, 11) is 0. The van der Waals surface area contributed by atoms with E-state index in [1.54, 1.807) is 0 Å². The Balaban J connectivity index is 2.36. The van der Waals surface area contributed by atoms with Crippen LogP contribution >= 0.6 is 0 Å². The van der Waals surface area contributed by atoms with Crippen molar-refractivity contribution in [3.05, 3.63) is 36.5 Å². The molecule has 57 heavy (non-hydrogen) atoms. The summed E-state index contributed by atoms with van der Waals surface area (Å²) in [5, 5.41) is 40.1. The Morgan fingerprint density at radius 1 is 0.544 bits per heavy atom. The first-order valence-corrected chi connectivity index (χ1v) is 23.1. The molecule has 0 aromatic rings. The predicted molar refractivity (Wildman–Crippen MR) is 229 cm³/mol. The van der Waals surface area contributed by atoms with Gasteiger partial charge in [0, 0.05) is 12.8 Å². The number of carbonyl (C=O) groups is 2. The summed E-state index contributed by atoms with van der Waals surface area (Å²) < 4.78 is 22.1. The molecule has 0 bridgehead atoms. The Morgan fingerprint density at radius 2 is 1.00 bits per heavy atom. The van der Waals surface area contributed by atoms with Crippen LogP contribution in [0.2, 0.25) is 0 Å². The van der Waals surface area contributed by atoms with Gasteiger partial charge in [0.05, 0.1) is 13.2 Å². The highest BCUT2D eigenvalue weighted by Crippen LogP contribution is 2.22. The van der Waals surface area contributed by atoms with Gasteiger partial charge < -0.3 is 39.4 Å². The molecule has 0 amide bonds. The highest BCUT2D eigenvalue weighted by molar-refractivity contribution is 5.70. The zero-order valence-electron chi connectivity index (χ0n) is 36.1. The van der Waals surface area contributed by atoms with Crippen molar-refractivity contribution in [2.75, 3.05) is 19.8 Å². The Hall–Kier alpha value is -2.08. The molecule has 0 aliphatic carbocycles. The van der Waals surface area contributed by atoms with Crippen molar-refractivity contribution in [1.82, 2.24) is 0 Å². The van der Waals surface area contributed by atoms with Gasteiger partial charge in [-0.05, 0) is 64.2 Å². The second kappa shape index (κ2) is 38.1. The third-order valence-corrected chi connectivity index (χ3v) is 10.5. The van der Waals surface area contributed by atoms with Crippen LogP contribution in [0.15, 0.2) is 36.5 Å². The Labute approximate surface area is 346 Å². The molecule has 0 aromatic heterocycles. The molecule has 10 heteroatoms.